The van der Waals surface area contributed by atoms with E-state index in [0.29, 0.717) is 16.4 Å². The molecule has 2 aromatic carbocycles. The van der Waals surface area contributed by atoms with Crippen LogP contribution in [0.4, 0.5) is 11.4 Å². The van der Waals surface area contributed by atoms with Crippen molar-refractivity contribution in [2.75, 3.05) is 10.6 Å². The standard InChI is InChI=1S/C17H12ClN3O3/c18-13-4-6-14(7-5-13)21-16(22)12(9-19)10-20-15-3-1-2-11(8-15)17(23)24/h1-8,10,20H,(H,21,22)(H,23,24)/b12-10-. The van der Waals surface area contributed by atoms with Gasteiger partial charge in [0.25, 0.3) is 5.91 Å². The predicted molar refractivity (Wildman–Crippen MR) is 90.8 cm³/mol. The molecule has 0 aliphatic rings. The molecule has 0 saturated carbocycles. The van der Waals surface area contributed by atoms with Crippen molar-refractivity contribution in [3.8, 4) is 6.07 Å². The molecule has 0 saturated heterocycles. The Bertz CT molecular complexity index is 839. The van der Waals surface area contributed by atoms with Crippen LogP contribution < -0.4 is 10.6 Å². The Labute approximate surface area is 143 Å². The van der Waals surface area contributed by atoms with Crippen LogP contribution in [0.25, 0.3) is 0 Å². The third-order valence-corrected chi connectivity index (χ3v) is 3.21. The van der Waals surface area contributed by atoms with E-state index < -0.39 is 11.9 Å². The van der Waals surface area contributed by atoms with E-state index in [4.69, 9.17) is 22.0 Å². The predicted octanol–water partition coefficient (Wildman–Crippen LogP) is 3.50. The fraction of sp³-hybridized carbons (Fsp3) is 0. The Morgan fingerprint density at radius 3 is 2.46 bits per heavy atom. The molecule has 3 N–H and O–H groups in total. The van der Waals surface area contributed by atoms with Gasteiger partial charge in [0, 0.05) is 22.6 Å². The molecule has 0 heterocycles. The molecule has 0 aromatic heterocycles. The molecule has 0 aliphatic heterocycles. The van der Waals surface area contributed by atoms with Gasteiger partial charge < -0.3 is 15.7 Å². The molecule has 0 fully saturated rings. The molecule has 120 valence electrons. The number of hydrogen-bond acceptors (Lipinski definition) is 4. The minimum absolute atomic E-state index is 0.0949. The number of carbonyl (C=O) groups is 2. The lowest BCUT2D eigenvalue weighted by Gasteiger charge is -2.06. The number of anilines is 2. The van der Waals surface area contributed by atoms with E-state index in [1.54, 1.807) is 42.5 Å². The summed E-state index contributed by atoms with van der Waals surface area (Å²) in [4.78, 5) is 23.0. The third-order valence-electron chi connectivity index (χ3n) is 2.96. The van der Waals surface area contributed by atoms with Gasteiger partial charge in [-0.3, -0.25) is 4.79 Å². The summed E-state index contributed by atoms with van der Waals surface area (Å²) in [7, 11) is 0. The zero-order valence-corrected chi connectivity index (χ0v) is 13.0. The molecule has 0 atom stereocenters. The lowest BCUT2D eigenvalue weighted by atomic mass is 10.2. The normalized spacial score (nSPS) is 10.6. The number of rotatable bonds is 5. The molecule has 0 spiro atoms. The van der Waals surface area contributed by atoms with Gasteiger partial charge in [-0.05, 0) is 42.5 Å². The fourth-order valence-electron chi connectivity index (χ4n) is 1.78. The van der Waals surface area contributed by atoms with Crippen LogP contribution in [-0.4, -0.2) is 17.0 Å². The zero-order valence-electron chi connectivity index (χ0n) is 12.3. The molecule has 2 rings (SSSR count). The third kappa shape index (κ3) is 4.60. The van der Waals surface area contributed by atoms with E-state index in [-0.39, 0.29) is 11.1 Å². The lowest BCUT2D eigenvalue weighted by molar-refractivity contribution is -0.112. The van der Waals surface area contributed by atoms with E-state index in [1.807, 2.05) is 0 Å². The van der Waals surface area contributed by atoms with E-state index in [0.717, 1.165) is 0 Å². The molecule has 1 amide bonds. The first-order valence-electron chi connectivity index (χ1n) is 6.76. The highest BCUT2D eigenvalue weighted by molar-refractivity contribution is 6.30. The van der Waals surface area contributed by atoms with Crippen LogP contribution in [0.1, 0.15) is 10.4 Å². The van der Waals surface area contributed by atoms with Gasteiger partial charge in [-0.2, -0.15) is 5.26 Å². The summed E-state index contributed by atoms with van der Waals surface area (Å²) in [6.45, 7) is 0. The number of amides is 1. The number of carboxylic acid groups (broad SMARTS) is 1. The molecular formula is C17H12ClN3O3. The van der Waals surface area contributed by atoms with Gasteiger partial charge in [0.05, 0.1) is 5.56 Å². The van der Waals surface area contributed by atoms with Crippen molar-refractivity contribution < 1.29 is 14.7 Å². The molecule has 2 aromatic rings. The van der Waals surface area contributed by atoms with Crippen LogP contribution in [0.2, 0.25) is 5.02 Å². The smallest absolute Gasteiger partial charge is 0.335 e. The Kier molecular flexibility index (Phi) is 5.55. The van der Waals surface area contributed by atoms with Crippen LogP contribution in [0.3, 0.4) is 0 Å². The minimum atomic E-state index is -1.07. The fourth-order valence-corrected chi connectivity index (χ4v) is 1.90. The Balaban J connectivity index is 2.10. The van der Waals surface area contributed by atoms with Gasteiger partial charge in [0.2, 0.25) is 0 Å². The highest BCUT2D eigenvalue weighted by Gasteiger charge is 2.09. The minimum Gasteiger partial charge on any atom is -0.478 e. The number of halogens is 1. The van der Waals surface area contributed by atoms with Crippen LogP contribution in [0.15, 0.2) is 60.3 Å². The van der Waals surface area contributed by atoms with Crippen molar-refractivity contribution in [3.63, 3.8) is 0 Å². The first-order valence-corrected chi connectivity index (χ1v) is 7.14. The van der Waals surface area contributed by atoms with Crippen LogP contribution in [0.5, 0.6) is 0 Å². The maximum atomic E-state index is 12.1. The van der Waals surface area contributed by atoms with Crippen molar-refractivity contribution >= 4 is 34.9 Å². The number of carboxylic acids is 1. The number of nitrogens with one attached hydrogen (secondary N) is 2. The van der Waals surface area contributed by atoms with Crippen molar-refractivity contribution in [1.82, 2.24) is 0 Å². The zero-order chi connectivity index (χ0) is 17.5. The number of carbonyl (C=O) groups excluding carboxylic acids is 1. The van der Waals surface area contributed by atoms with Gasteiger partial charge in [0.1, 0.15) is 11.6 Å². The average Bonchev–Trinajstić information content (AvgIpc) is 2.57. The van der Waals surface area contributed by atoms with Gasteiger partial charge >= 0.3 is 5.97 Å². The quantitative estimate of drug-likeness (QED) is 0.570. The van der Waals surface area contributed by atoms with Gasteiger partial charge in [-0.15, -0.1) is 0 Å². The van der Waals surface area contributed by atoms with E-state index in [2.05, 4.69) is 10.6 Å². The number of nitriles is 1. The first kappa shape index (κ1) is 17.1. The van der Waals surface area contributed by atoms with Crippen LogP contribution >= 0.6 is 11.6 Å². The van der Waals surface area contributed by atoms with E-state index in [9.17, 15) is 9.59 Å². The first-order chi connectivity index (χ1) is 11.5. The molecule has 0 unspecified atom stereocenters. The maximum absolute atomic E-state index is 12.1. The molecule has 7 heteroatoms. The van der Waals surface area contributed by atoms with E-state index >= 15 is 0 Å². The summed E-state index contributed by atoms with van der Waals surface area (Å²) < 4.78 is 0. The highest BCUT2D eigenvalue weighted by Crippen LogP contribution is 2.15. The molecular weight excluding hydrogens is 330 g/mol. The molecule has 0 bridgehead atoms. The molecule has 24 heavy (non-hydrogen) atoms. The van der Waals surface area contributed by atoms with Crippen molar-refractivity contribution in [2.45, 2.75) is 0 Å². The number of nitrogens with zero attached hydrogens (tertiary/aromatic N) is 1. The number of aromatic carboxylic acids is 1. The van der Waals surface area contributed by atoms with E-state index in [1.165, 1.54) is 18.3 Å². The van der Waals surface area contributed by atoms with Crippen molar-refractivity contribution in [2.24, 2.45) is 0 Å². The topological polar surface area (TPSA) is 102 Å². The SMILES string of the molecule is N#C/C(=C/Nc1cccc(C(=O)O)c1)C(=O)Nc1ccc(Cl)cc1. The summed E-state index contributed by atoms with van der Waals surface area (Å²) in [6.07, 6.45) is 1.21. The summed E-state index contributed by atoms with van der Waals surface area (Å²) in [6, 6.07) is 14.2. The number of hydrogen-bond donors (Lipinski definition) is 3. The Hall–Kier alpha value is -3.30. The maximum Gasteiger partial charge on any atom is 0.335 e. The summed E-state index contributed by atoms with van der Waals surface area (Å²) in [5, 5.41) is 23.9. The second-order valence-corrected chi connectivity index (χ2v) is 5.10. The number of benzene rings is 2. The average molecular weight is 342 g/mol. The van der Waals surface area contributed by atoms with Crippen LogP contribution in [-0.2, 0) is 4.79 Å². The van der Waals surface area contributed by atoms with Gasteiger partial charge in [-0.1, -0.05) is 17.7 Å². The van der Waals surface area contributed by atoms with Crippen LogP contribution in [0, 0.1) is 11.3 Å². The lowest BCUT2D eigenvalue weighted by Crippen LogP contribution is -2.14. The second kappa shape index (κ2) is 7.81. The molecule has 6 nitrogen and oxygen atoms in total. The summed E-state index contributed by atoms with van der Waals surface area (Å²) in [5.41, 5.74) is 0.878. The Morgan fingerprint density at radius 2 is 1.83 bits per heavy atom. The van der Waals surface area contributed by atoms with Gasteiger partial charge in [-0.25, -0.2) is 4.79 Å². The molecule has 0 aliphatic carbocycles. The summed E-state index contributed by atoms with van der Waals surface area (Å²) >= 11 is 5.76. The highest BCUT2D eigenvalue weighted by atomic mass is 35.5. The van der Waals surface area contributed by atoms with Crippen molar-refractivity contribution in [3.05, 3.63) is 70.9 Å². The van der Waals surface area contributed by atoms with Gasteiger partial charge in [0.15, 0.2) is 0 Å². The summed E-state index contributed by atoms with van der Waals surface area (Å²) in [5.74, 6) is -1.66. The monoisotopic (exact) mass is 341 g/mol. The van der Waals surface area contributed by atoms with Crippen molar-refractivity contribution in [1.29, 1.82) is 5.26 Å². The molecule has 0 radical (unpaired) electrons. The Morgan fingerprint density at radius 1 is 1.12 bits per heavy atom. The largest absolute Gasteiger partial charge is 0.478 e. The second-order valence-electron chi connectivity index (χ2n) is 4.66.